The number of ether oxygens (including phenoxy) is 1. The van der Waals surface area contributed by atoms with E-state index in [4.69, 9.17) is 15.9 Å². The highest BCUT2D eigenvalue weighted by Crippen LogP contribution is 2.23. The molecule has 118 valence electrons. The first-order chi connectivity index (χ1) is 11.0. The van der Waals surface area contributed by atoms with E-state index in [2.05, 4.69) is 9.97 Å². The highest BCUT2D eigenvalue weighted by Gasteiger charge is 2.08. The van der Waals surface area contributed by atoms with Gasteiger partial charge in [0.15, 0.2) is 0 Å². The average Bonchev–Trinajstić information content (AvgIpc) is 2.96. The average molecular weight is 316 g/mol. The fourth-order valence-corrected chi connectivity index (χ4v) is 2.18. The van der Waals surface area contributed by atoms with Crippen LogP contribution in [-0.4, -0.2) is 28.8 Å². The summed E-state index contributed by atoms with van der Waals surface area (Å²) >= 11 is 0. The molecular formula is C16H14F2N4O. The van der Waals surface area contributed by atoms with Crippen molar-refractivity contribution in [3.63, 3.8) is 0 Å². The fraction of sp³-hybridized carbons (Fsp3) is 0.125. The van der Waals surface area contributed by atoms with Gasteiger partial charge in [-0.05, 0) is 42.5 Å². The molecule has 1 aromatic heterocycles. The molecule has 5 nitrogen and oxygen atoms in total. The zero-order valence-corrected chi connectivity index (χ0v) is 12.0. The Balaban J connectivity index is 1.86. The van der Waals surface area contributed by atoms with Gasteiger partial charge in [0.1, 0.15) is 24.0 Å². The molecule has 23 heavy (non-hydrogen) atoms. The normalized spacial score (nSPS) is 11.1. The van der Waals surface area contributed by atoms with Crippen LogP contribution in [0.15, 0.2) is 42.5 Å². The number of aromatic amines is 1. The minimum absolute atomic E-state index is 0.0106. The Hall–Kier alpha value is -2.96. The van der Waals surface area contributed by atoms with Crippen molar-refractivity contribution in [2.24, 2.45) is 5.73 Å². The number of benzene rings is 2. The Morgan fingerprint density at radius 2 is 1.96 bits per heavy atom. The third-order valence-corrected chi connectivity index (χ3v) is 3.30. The number of amidine groups is 1. The molecule has 0 aliphatic rings. The third kappa shape index (κ3) is 3.28. The van der Waals surface area contributed by atoms with Crippen LogP contribution in [0.4, 0.5) is 8.78 Å². The maximum atomic E-state index is 12.1. The second kappa shape index (κ2) is 6.04. The van der Waals surface area contributed by atoms with Crippen LogP contribution < -0.4 is 10.5 Å². The van der Waals surface area contributed by atoms with Crippen LogP contribution in [0.2, 0.25) is 0 Å². The number of imidazole rings is 1. The minimum Gasteiger partial charge on any atom is -0.488 e. The lowest BCUT2D eigenvalue weighted by Gasteiger charge is -2.05. The number of nitrogens with two attached hydrogens (primary N) is 1. The van der Waals surface area contributed by atoms with Gasteiger partial charge in [0.05, 0.1) is 11.0 Å². The van der Waals surface area contributed by atoms with Crippen LogP contribution in [0.5, 0.6) is 5.75 Å². The van der Waals surface area contributed by atoms with Crippen molar-refractivity contribution in [2.75, 3.05) is 6.61 Å². The lowest BCUT2D eigenvalue weighted by Crippen LogP contribution is -2.10. The van der Waals surface area contributed by atoms with Crippen LogP contribution in [0.1, 0.15) is 5.56 Å². The molecule has 0 unspecified atom stereocenters. The number of hydrogen-bond acceptors (Lipinski definition) is 3. The first kappa shape index (κ1) is 15.0. The van der Waals surface area contributed by atoms with Crippen molar-refractivity contribution < 1.29 is 13.5 Å². The topological polar surface area (TPSA) is 87.8 Å². The summed E-state index contributed by atoms with van der Waals surface area (Å²) in [4.78, 5) is 7.61. The lowest BCUT2D eigenvalue weighted by molar-refractivity contribution is 0.0819. The summed E-state index contributed by atoms with van der Waals surface area (Å²) in [5.74, 6) is 1.01. The maximum absolute atomic E-state index is 12.1. The number of rotatable bonds is 5. The van der Waals surface area contributed by atoms with Crippen LogP contribution in [-0.2, 0) is 0 Å². The van der Waals surface area contributed by atoms with Gasteiger partial charge in [0, 0.05) is 11.1 Å². The number of aromatic nitrogens is 2. The van der Waals surface area contributed by atoms with E-state index in [-0.39, 0.29) is 5.84 Å². The molecule has 0 fully saturated rings. The summed E-state index contributed by atoms with van der Waals surface area (Å²) in [6.07, 6.45) is -2.50. The highest BCUT2D eigenvalue weighted by atomic mass is 19.3. The van der Waals surface area contributed by atoms with Gasteiger partial charge in [-0.3, -0.25) is 5.41 Å². The van der Waals surface area contributed by atoms with Gasteiger partial charge in [-0.15, -0.1) is 0 Å². The van der Waals surface area contributed by atoms with Gasteiger partial charge in [-0.25, -0.2) is 13.8 Å². The summed E-state index contributed by atoms with van der Waals surface area (Å²) in [5, 5.41) is 7.45. The van der Waals surface area contributed by atoms with Crippen LogP contribution in [0.3, 0.4) is 0 Å². The number of nitrogens with zero attached hydrogens (tertiary/aromatic N) is 1. The predicted octanol–water partition coefficient (Wildman–Crippen LogP) is 3.16. The number of hydrogen-bond donors (Lipinski definition) is 3. The van der Waals surface area contributed by atoms with Gasteiger partial charge in [-0.2, -0.15) is 0 Å². The summed E-state index contributed by atoms with van der Waals surface area (Å²) in [7, 11) is 0. The summed E-state index contributed by atoms with van der Waals surface area (Å²) in [6.45, 7) is -0.627. The molecular weight excluding hydrogens is 302 g/mol. The van der Waals surface area contributed by atoms with E-state index in [1.54, 1.807) is 42.5 Å². The molecule has 1 heterocycles. The highest BCUT2D eigenvalue weighted by molar-refractivity contribution is 5.98. The molecule has 4 N–H and O–H groups in total. The van der Waals surface area contributed by atoms with E-state index in [0.717, 1.165) is 16.6 Å². The number of nitrogen functional groups attached to an aromatic ring is 1. The van der Waals surface area contributed by atoms with Crippen LogP contribution in [0.25, 0.3) is 22.4 Å². The van der Waals surface area contributed by atoms with E-state index in [0.29, 0.717) is 17.1 Å². The van der Waals surface area contributed by atoms with Crippen molar-refractivity contribution in [1.29, 1.82) is 5.41 Å². The SMILES string of the molecule is N=C(N)c1ccc2nc(-c3ccc(OCC(F)F)cc3)[nH]c2c1. The molecule has 0 bridgehead atoms. The maximum Gasteiger partial charge on any atom is 0.272 e. The van der Waals surface area contributed by atoms with Gasteiger partial charge >= 0.3 is 0 Å². The van der Waals surface area contributed by atoms with Crippen molar-refractivity contribution in [3.8, 4) is 17.1 Å². The quantitative estimate of drug-likeness (QED) is 0.499. The summed E-state index contributed by atoms with van der Waals surface area (Å²) in [5.41, 5.74) is 8.41. The summed E-state index contributed by atoms with van der Waals surface area (Å²) in [6, 6.07) is 12.0. The van der Waals surface area contributed by atoms with Crippen LogP contribution in [0, 0.1) is 5.41 Å². The van der Waals surface area contributed by atoms with Crippen molar-refractivity contribution in [2.45, 2.75) is 6.43 Å². The van der Waals surface area contributed by atoms with Gasteiger partial charge in [0.25, 0.3) is 6.43 Å². The lowest BCUT2D eigenvalue weighted by atomic mass is 10.2. The number of halogens is 2. The largest absolute Gasteiger partial charge is 0.488 e. The second-order valence-corrected chi connectivity index (χ2v) is 4.96. The van der Waals surface area contributed by atoms with Crippen molar-refractivity contribution in [3.05, 3.63) is 48.0 Å². The van der Waals surface area contributed by atoms with E-state index < -0.39 is 13.0 Å². The smallest absolute Gasteiger partial charge is 0.272 e. The standard InChI is InChI=1S/C16H14F2N4O/c17-14(18)8-23-11-4-1-9(2-5-11)16-21-12-6-3-10(15(19)20)7-13(12)22-16/h1-7,14H,8H2,(H3,19,20)(H,21,22). The molecule has 0 radical (unpaired) electrons. The fourth-order valence-electron chi connectivity index (χ4n) is 2.18. The molecule has 0 atom stereocenters. The Bertz CT molecular complexity index is 843. The first-order valence-electron chi connectivity index (χ1n) is 6.88. The number of H-pyrrole nitrogens is 1. The molecule has 0 spiro atoms. The molecule has 0 aliphatic carbocycles. The van der Waals surface area contributed by atoms with E-state index in [1.165, 1.54) is 0 Å². The molecule has 0 saturated heterocycles. The van der Waals surface area contributed by atoms with Gasteiger partial charge < -0.3 is 15.5 Å². The molecule has 0 amide bonds. The molecule has 3 aromatic rings. The number of alkyl halides is 2. The van der Waals surface area contributed by atoms with Gasteiger partial charge in [-0.1, -0.05) is 0 Å². The Kier molecular flexibility index (Phi) is 3.92. The van der Waals surface area contributed by atoms with Gasteiger partial charge in [0.2, 0.25) is 0 Å². The minimum atomic E-state index is -2.50. The zero-order chi connectivity index (χ0) is 16.4. The third-order valence-electron chi connectivity index (χ3n) is 3.30. The zero-order valence-electron chi connectivity index (χ0n) is 12.0. The Morgan fingerprint density at radius 3 is 2.61 bits per heavy atom. The monoisotopic (exact) mass is 316 g/mol. The molecule has 0 aliphatic heterocycles. The number of nitrogens with one attached hydrogen (secondary N) is 2. The molecule has 3 rings (SSSR count). The predicted molar refractivity (Wildman–Crippen MR) is 84.0 cm³/mol. The summed E-state index contributed by atoms with van der Waals surface area (Å²) < 4.78 is 29.2. The molecule has 7 heteroatoms. The van der Waals surface area contributed by atoms with Crippen molar-refractivity contribution >= 4 is 16.9 Å². The van der Waals surface area contributed by atoms with E-state index in [9.17, 15) is 8.78 Å². The van der Waals surface area contributed by atoms with Crippen molar-refractivity contribution in [1.82, 2.24) is 9.97 Å². The van der Waals surface area contributed by atoms with E-state index >= 15 is 0 Å². The Morgan fingerprint density at radius 1 is 1.22 bits per heavy atom. The molecule has 0 saturated carbocycles. The van der Waals surface area contributed by atoms with E-state index in [1.807, 2.05) is 0 Å². The second-order valence-electron chi connectivity index (χ2n) is 4.96. The first-order valence-corrected chi connectivity index (χ1v) is 6.88. The van der Waals surface area contributed by atoms with Crippen LogP contribution >= 0.6 is 0 Å². The number of fused-ring (bicyclic) bond motifs is 1. The molecule has 2 aromatic carbocycles. The Labute approximate surface area is 130 Å².